The summed E-state index contributed by atoms with van der Waals surface area (Å²) in [6, 6.07) is 0. The van der Waals surface area contributed by atoms with E-state index in [9.17, 15) is 4.79 Å². The molecular weight excluding hydrogens is 184 g/mol. The molecule has 1 heteroatoms. The fourth-order valence-electron chi connectivity index (χ4n) is 2.97. The van der Waals surface area contributed by atoms with Gasteiger partial charge in [0.05, 0.1) is 0 Å². The van der Waals surface area contributed by atoms with E-state index in [2.05, 4.69) is 20.8 Å². The normalized spacial score (nSPS) is 32.5. The van der Waals surface area contributed by atoms with Gasteiger partial charge in [0.25, 0.3) is 0 Å². The maximum atomic E-state index is 12.0. The molecule has 0 amide bonds. The predicted molar refractivity (Wildman–Crippen MR) is 64.7 cm³/mol. The molecule has 0 bridgehead atoms. The Morgan fingerprint density at radius 2 is 2.00 bits per heavy atom. The Kier molecular flexibility index (Phi) is 4.56. The van der Waals surface area contributed by atoms with E-state index in [0.29, 0.717) is 23.5 Å². The SMILES string of the molecule is C/C=C\C(=O)C1C(C)CCCC1C(C)C. The molecule has 1 fully saturated rings. The van der Waals surface area contributed by atoms with Gasteiger partial charge in [-0.3, -0.25) is 4.79 Å². The van der Waals surface area contributed by atoms with Crippen LogP contribution in [0.15, 0.2) is 12.2 Å². The molecule has 1 saturated carbocycles. The van der Waals surface area contributed by atoms with Gasteiger partial charge in [0, 0.05) is 5.92 Å². The van der Waals surface area contributed by atoms with Gasteiger partial charge in [-0.1, -0.05) is 33.3 Å². The number of carbonyl (C=O) groups is 1. The van der Waals surface area contributed by atoms with Crippen LogP contribution < -0.4 is 0 Å². The molecule has 3 atom stereocenters. The third-order valence-electron chi connectivity index (χ3n) is 3.79. The molecule has 0 radical (unpaired) electrons. The third-order valence-corrected chi connectivity index (χ3v) is 3.79. The number of hydrogen-bond donors (Lipinski definition) is 0. The number of allylic oxidation sites excluding steroid dienone is 2. The minimum atomic E-state index is 0.273. The zero-order valence-corrected chi connectivity index (χ0v) is 10.5. The van der Waals surface area contributed by atoms with Gasteiger partial charge in [-0.25, -0.2) is 0 Å². The molecule has 0 aliphatic heterocycles. The van der Waals surface area contributed by atoms with Crippen molar-refractivity contribution in [2.45, 2.75) is 47.0 Å². The quantitative estimate of drug-likeness (QED) is 0.644. The molecule has 0 heterocycles. The van der Waals surface area contributed by atoms with Crippen molar-refractivity contribution in [1.29, 1.82) is 0 Å². The molecule has 0 saturated heterocycles. The first kappa shape index (κ1) is 12.5. The lowest BCUT2D eigenvalue weighted by Crippen LogP contribution is -2.35. The van der Waals surface area contributed by atoms with Crippen molar-refractivity contribution in [3.63, 3.8) is 0 Å². The van der Waals surface area contributed by atoms with E-state index in [4.69, 9.17) is 0 Å². The minimum absolute atomic E-state index is 0.273. The molecule has 0 spiro atoms. The standard InChI is InChI=1S/C14H24O/c1-5-7-13(15)14-11(4)8-6-9-12(14)10(2)3/h5,7,10-12,14H,6,8-9H2,1-4H3/b7-5-. The minimum Gasteiger partial charge on any atom is -0.295 e. The number of rotatable bonds is 3. The lowest BCUT2D eigenvalue weighted by atomic mass is 9.67. The van der Waals surface area contributed by atoms with Crippen molar-refractivity contribution in [2.75, 3.05) is 0 Å². The Morgan fingerprint density at radius 3 is 2.53 bits per heavy atom. The average Bonchev–Trinajstić information content (AvgIpc) is 2.17. The first-order chi connectivity index (χ1) is 7.07. The molecule has 1 aliphatic rings. The van der Waals surface area contributed by atoms with E-state index in [-0.39, 0.29) is 5.92 Å². The van der Waals surface area contributed by atoms with E-state index in [1.807, 2.05) is 13.0 Å². The van der Waals surface area contributed by atoms with Gasteiger partial charge < -0.3 is 0 Å². The van der Waals surface area contributed by atoms with Crippen molar-refractivity contribution < 1.29 is 4.79 Å². The van der Waals surface area contributed by atoms with Crippen LogP contribution in [0.3, 0.4) is 0 Å². The summed E-state index contributed by atoms with van der Waals surface area (Å²) in [4.78, 5) is 12.0. The molecule has 15 heavy (non-hydrogen) atoms. The monoisotopic (exact) mass is 208 g/mol. The third kappa shape index (κ3) is 2.93. The largest absolute Gasteiger partial charge is 0.295 e. The summed E-state index contributed by atoms with van der Waals surface area (Å²) in [5.74, 6) is 2.41. The first-order valence-electron chi connectivity index (χ1n) is 6.24. The molecular formula is C14H24O. The van der Waals surface area contributed by atoms with Gasteiger partial charge in [-0.05, 0) is 43.6 Å². The highest BCUT2D eigenvalue weighted by Gasteiger charge is 2.35. The van der Waals surface area contributed by atoms with Gasteiger partial charge in [-0.15, -0.1) is 0 Å². The van der Waals surface area contributed by atoms with E-state index >= 15 is 0 Å². The number of hydrogen-bond acceptors (Lipinski definition) is 1. The lowest BCUT2D eigenvalue weighted by molar-refractivity contribution is -0.123. The molecule has 1 nitrogen and oxygen atoms in total. The van der Waals surface area contributed by atoms with Crippen LogP contribution in [0.2, 0.25) is 0 Å². The van der Waals surface area contributed by atoms with Crippen LogP contribution in [0, 0.1) is 23.7 Å². The summed E-state index contributed by atoms with van der Waals surface area (Å²) in [5.41, 5.74) is 0. The average molecular weight is 208 g/mol. The van der Waals surface area contributed by atoms with E-state index in [0.717, 1.165) is 0 Å². The van der Waals surface area contributed by atoms with Gasteiger partial charge >= 0.3 is 0 Å². The van der Waals surface area contributed by atoms with Crippen LogP contribution in [0.4, 0.5) is 0 Å². The van der Waals surface area contributed by atoms with Crippen LogP contribution in [0.1, 0.15) is 47.0 Å². The zero-order valence-electron chi connectivity index (χ0n) is 10.5. The van der Waals surface area contributed by atoms with Gasteiger partial charge in [0.15, 0.2) is 5.78 Å². The number of ketones is 1. The molecule has 1 rings (SSSR count). The predicted octanol–water partition coefficient (Wildman–Crippen LogP) is 3.84. The van der Waals surface area contributed by atoms with Crippen molar-refractivity contribution in [1.82, 2.24) is 0 Å². The Morgan fingerprint density at radius 1 is 1.33 bits per heavy atom. The summed E-state index contributed by atoms with van der Waals surface area (Å²) in [7, 11) is 0. The summed E-state index contributed by atoms with van der Waals surface area (Å²) >= 11 is 0. The second-order valence-electron chi connectivity index (χ2n) is 5.24. The maximum Gasteiger partial charge on any atom is 0.158 e. The molecule has 0 aromatic heterocycles. The van der Waals surface area contributed by atoms with Crippen molar-refractivity contribution in [2.24, 2.45) is 23.7 Å². The Labute approximate surface area is 93.9 Å². The maximum absolute atomic E-state index is 12.0. The lowest BCUT2D eigenvalue weighted by Gasteiger charge is -2.37. The van der Waals surface area contributed by atoms with Gasteiger partial charge in [0.1, 0.15) is 0 Å². The second kappa shape index (κ2) is 5.48. The first-order valence-corrected chi connectivity index (χ1v) is 6.24. The molecule has 0 N–H and O–H groups in total. The van der Waals surface area contributed by atoms with Crippen molar-refractivity contribution in [3.8, 4) is 0 Å². The highest BCUT2D eigenvalue weighted by Crippen LogP contribution is 2.39. The van der Waals surface area contributed by atoms with E-state index in [1.165, 1.54) is 19.3 Å². The van der Waals surface area contributed by atoms with Gasteiger partial charge in [0.2, 0.25) is 0 Å². The van der Waals surface area contributed by atoms with Crippen LogP contribution in [0.25, 0.3) is 0 Å². The van der Waals surface area contributed by atoms with Crippen molar-refractivity contribution in [3.05, 3.63) is 12.2 Å². The van der Waals surface area contributed by atoms with E-state index < -0.39 is 0 Å². The topological polar surface area (TPSA) is 17.1 Å². The second-order valence-corrected chi connectivity index (χ2v) is 5.24. The zero-order chi connectivity index (χ0) is 11.4. The van der Waals surface area contributed by atoms with E-state index in [1.54, 1.807) is 6.08 Å². The van der Waals surface area contributed by atoms with Crippen molar-refractivity contribution >= 4 is 5.78 Å². The van der Waals surface area contributed by atoms with Gasteiger partial charge in [-0.2, -0.15) is 0 Å². The van der Waals surface area contributed by atoms with Crippen LogP contribution in [-0.4, -0.2) is 5.78 Å². The molecule has 0 aromatic carbocycles. The van der Waals surface area contributed by atoms with Crippen LogP contribution in [0.5, 0.6) is 0 Å². The molecule has 3 unspecified atom stereocenters. The summed E-state index contributed by atoms with van der Waals surface area (Å²) in [6.45, 7) is 8.66. The fraction of sp³-hybridized carbons (Fsp3) is 0.786. The Balaban J connectivity index is 2.81. The molecule has 86 valence electrons. The molecule has 1 aliphatic carbocycles. The Hall–Kier alpha value is -0.590. The highest BCUT2D eigenvalue weighted by atomic mass is 16.1. The summed E-state index contributed by atoms with van der Waals surface area (Å²) in [6.07, 6.45) is 7.39. The van der Waals surface area contributed by atoms with Crippen LogP contribution in [-0.2, 0) is 4.79 Å². The highest BCUT2D eigenvalue weighted by molar-refractivity contribution is 5.92. The summed E-state index contributed by atoms with van der Waals surface area (Å²) in [5, 5.41) is 0. The Bertz CT molecular complexity index is 240. The number of carbonyl (C=O) groups excluding carboxylic acids is 1. The smallest absolute Gasteiger partial charge is 0.158 e. The van der Waals surface area contributed by atoms with Crippen LogP contribution >= 0.6 is 0 Å². The molecule has 0 aromatic rings. The summed E-state index contributed by atoms with van der Waals surface area (Å²) < 4.78 is 0. The fourth-order valence-corrected chi connectivity index (χ4v) is 2.97.